The van der Waals surface area contributed by atoms with E-state index in [9.17, 15) is 0 Å². The van der Waals surface area contributed by atoms with Crippen molar-refractivity contribution in [2.24, 2.45) is 0 Å². The minimum Gasteiger partial charge on any atom is -0.370 e. The zero-order chi connectivity index (χ0) is 17.6. The monoisotopic (exact) mass is 371 g/mol. The number of hydrogen-bond donors (Lipinski definition) is 0. The molecule has 0 radical (unpaired) electrons. The number of nitrogens with zero attached hydrogens (tertiary/aromatic N) is 1. The summed E-state index contributed by atoms with van der Waals surface area (Å²) >= 11 is 8.00. The van der Waals surface area contributed by atoms with Gasteiger partial charge in [-0.05, 0) is 36.6 Å². The molecule has 3 rings (SSSR count). The average molecular weight is 372 g/mol. The predicted octanol–water partition coefficient (Wildman–Crippen LogP) is 7.63. The van der Waals surface area contributed by atoms with Gasteiger partial charge in [0, 0.05) is 28.2 Å². The number of anilines is 1. The number of thiophene rings is 1. The number of fused-ring (bicyclic) bond motifs is 1. The summed E-state index contributed by atoms with van der Waals surface area (Å²) in [6, 6.07) is 17.1. The molecule has 25 heavy (non-hydrogen) atoms. The molecule has 0 fully saturated rings. The largest absolute Gasteiger partial charge is 0.370 e. The van der Waals surface area contributed by atoms with Crippen molar-refractivity contribution in [2.75, 3.05) is 18.0 Å². The Balaban J connectivity index is 2.12. The van der Waals surface area contributed by atoms with Gasteiger partial charge in [0.05, 0.1) is 10.6 Å². The summed E-state index contributed by atoms with van der Waals surface area (Å²) in [5, 5.41) is 2.17. The fourth-order valence-corrected chi connectivity index (χ4v) is 4.53. The third kappa shape index (κ3) is 4.19. The van der Waals surface area contributed by atoms with Gasteiger partial charge in [-0.1, -0.05) is 68.6 Å². The van der Waals surface area contributed by atoms with E-state index in [-0.39, 0.29) is 0 Å². The molecular formula is C22H26ClNS. The highest BCUT2D eigenvalue weighted by Crippen LogP contribution is 2.45. The van der Waals surface area contributed by atoms with E-state index in [0.717, 1.165) is 18.1 Å². The summed E-state index contributed by atoms with van der Waals surface area (Å²) < 4.78 is 1.36. The van der Waals surface area contributed by atoms with Crippen molar-refractivity contribution in [3.05, 3.63) is 53.6 Å². The SMILES string of the molecule is CCCCN(CCCC)c1c(-c2ccc(Cl)cc2)sc2ccccc12. The van der Waals surface area contributed by atoms with Gasteiger partial charge in [0.2, 0.25) is 0 Å². The van der Waals surface area contributed by atoms with Gasteiger partial charge in [-0.2, -0.15) is 0 Å². The molecule has 0 saturated carbocycles. The molecule has 0 unspecified atom stereocenters. The summed E-state index contributed by atoms with van der Waals surface area (Å²) in [6.07, 6.45) is 4.91. The molecular weight excluding hydrogens is 346 g/mol. The Bertz CT molecular complexity index is 799. The maximum absolute atomic E-state index is 6.11. The first kappa shape index (κ1) is 18.3. The first-order valence-corrected chi connectivity index (χ1v) is 10.5. The summed E-state index contributed by atoms with van der Waals surface area (Å²) in [7, 11) is 0. The molecule has 0 aliphatic rings. The second kappa shape index (κ2) is 8.73. The number of rotatable bonds is 8. The average Bonchev–Trinajstić information content (AvgIpc) is 3.02. The van der Waals surface area contributed by atoms with Crippen LogP contribution in [0.1, 0.15) is 39.5 Å². The summed E-state index contributed by atoms with van der Waals surface area (Å²) in [5.41, 5.74) is 2.67. The molecule has 0 amide bonds. The van der Waals surface area contributed by atoms with Crippen LogP contribution in [0.3, 0.4) is 0 Å². The van der Waals surface area contributed by atoms with Crippen LogP contribution in [0.25, 0.3) is 20.5 Å². The minimum atomic E-state index is 0.792. The van der Waals surface area contributed by atoms with Crippen LogP contribution in [0.2, 0.25) is 5.02 Å². The molecule has 0 aliphatic carbocycles. The Labute approximate surface area is 160 Å². The van der Waals surface area contributed by atoms with Gasteiger partial charge in [0.15, 0.2) is 0 Å². The lowest BCUT2D eigenvalue weighted by Crippen LogP contribution is -2.25. The minimum absolute atomic E-state index is 0.792. The Morgan fingerprint density at radius 1 is 0.880 bits per heavy atom. The zero-order valence-corrected chi connectivity index (χ0v) is 16.7. The van der Waals surface area contributed by atoms with E-state index in [1.54, 1.807) is 0 Å². The molecule has 1 aromatic heterocycles. The fourth-order valence-electron chi connectivity index (χ4n) is 3.18. The van der Waals surface area contributed by atoms with E-state index in [1.807, 2.05) is 23.5 Å². The Morgan fingerprint density at radius 2 is 1.52 bits per heavy atom. The first-order chi connectivity index (χ1) is 12.2. The molecule has 0 bridgehead atoms. The van der Waals surface area contributed by atoms with E-state index in [1.165, 1.54) is 51.9 Å². The van der Waals surface area contributed by atoms with Gasteiger partial charge in [0.1, 0.15) is 0 Å². The third-order valence-electron chi connectivity index (χ3n) is 4.56. The molecule has 1 nitrogen and oxygen atoms in total. The van der Waals surface area contributed by atoms with E-state index < -0.39 is 0 Å². The standard InChI is InChI=1S/C22H26ClNS/c1-3-5-15-24(16-6-4-2)21-19-9-7-8-10-20(19)25-22(21)17-11-13-18(23)14-12-17/h7-14H,3-6,15-16H2,1-2H3. The molecule has 1 heterocycles. The highest BCUT2D eigenvalue weighted by atomic mass is 35.5. The van der Waals surface area contributed by atoms with Crippen molar-refractivity contribution >= 4 is 38.7 Å². The van der Waals surface area contributed by atoms with E-state index in [2.05, 4.69) is 55.1 Å². The van der Waals surface area contributed by atoms with Crippen LogP contribution in [0.4, 0.5) is 5.69 Å². The topological polar surface area (TPSA) is 3.24 Å². The highest BCUT2D eigenvalue weighted by molar-refractivity contribution is 7.23. The Hall–Kier alpha value is -1.51. The molecule has 0 N–H and O–H groups in total. The Kier molecular flexibility index (Phi) is 6.39. The maximum Gasteiger partial charge on any atom is 0.0635 e. The van der Waals surface area contributed by atoms with E-state index >= 15 is 0 Å². The normalized spacial score (nSPS) is 11.2. The van der Waals surface area contributed by atoms with Gasteiger partial charge >= 0.3 is 0 Å². The van der Waals surface area contributed by atoms with Crippen LogP contribution < -0.4 is 4.90 Å². The number of unbranched alkanes of at least 4 members (excludes halogenated alkanes) is 2. The quantitative estimate of drug-likeness (QED) is 0.393. The van der Waals surface area contributed by atoms with Gasteiger partial charge in [-0.15, -0.1) is 11.3 Å². The molecule has 2 aromatic carbocycles. The first-order valence-electron chi connectivity index (χ1n) is 9.27. The fraction of sp³-hybridized carbons (Fsp3) is 0.364. The van der Waals surface area contributed by atoms with Crippen molar-refractivity contribution in [3.63, 3.8) is 0 Å². The zero-order valence-electron chi connectivity index (χ0n) is 15.1. The molecule has 0 spiro atoms. The second-order valence-corrected chi connectivity index (χ2v) is 7.97. The van der Waals surface area contributed by atoms with Crippen LogP contribution in [0.5, 0.6) is 0 Å². The number of halogens is 1. The third-order valence-corrected chi connectivity index (χ3v) is 6.02. The van der Waals surface area contributed by atoms with Crippen molar-refractivity contribution in [1.82, 2.24) is 0 Å². The number of hydrogen-bond acceptors (Lipinski definition) is 2. The van der Waals surface area contributed by atoms with Crippen molar-refractivity contribution in [2.45, 2.75) is 39.5 Å². The van der Waals surface area contributed by atoms with Crippen LogP contribution in [0.15, 0.2) is 48.5 Å². The Morgan fingerprint density at radius 3 is 2.16 bits per heavy atom. The lowest BCUT2D eigenvalue weighted by molar-refractivity contribution is 0.680. The van der Waals surface area contributed by atoms with Crippen molar-refractivity contribution < 1.29 is 0 Å². The van der Waals surface area contributed by atoms with E-state index in [4.69, 9.17) is 11.6 Å². The van der Waals surface area contributed by atoms with Crippen molar-refractivity contribution in [3.8, 4) is 10.4 Å². The summed E-state index contributed by atoms with van der Waals surface area (Å²) in [4.78, 5) is 3.97. The van der Waals surface area contributed by atoms with Gasteiger partial charge in [-0.25, -0.2) is 0 Å². The highest BCUT2D eigenvalue weighted by Gasteiger charge is 2.19. The molecule has 3 heteroatoms. The number of benzene rings is 2. The smallest absolute Gasteiger partial charge is 0.0635 e. The van der Waals surface area contributed by atoms with Crippen LogP contribution >= 0.6 is 22.9 Å². The van der Waals surface area contributed by atoms with Crippen LogP contribution in [-0.4, -0.2) is 13.1 Å². The predicted molar refractivity (Wildman–Crippen MR) is 114 cm³/mol. The second-order valence-electron chi connectivity index (χ2n) is 6.48. The van der Waals surface area contributed by atoms with Gasteiger partial charge < -0.3 is 4.90 Å². The molecule has 132 valence electrons. The summed E-state index contributed by atoms with van der Waals surface area (Å²) in [6.45, 7) is 6.78. The lowest BCUT2D eigenvalue weighted by Gasteiger charge is -2.26. The molecule has 0 aliphatic heterocycles. The molecule has 0 atom stereocenters. The lowest BCUT2D eigenvalue weighted by atomic mass is 10.1. The van der Waals surface area contributed by atoms with Crippen LogP contribution in [-0.2, 0) is 0 Å². The molecule has 3 aromatic rings. The molecule has 0 saturated heterocycles. The van der Waals surface area contributed by atoms with Crippen LogP contribution in [0, 0.1) is 0 Å². The van der Waals surface area contributed by atoms with Gasteiger partial charge in [0.25, 0.3) is 0 Å². The summed E-state index contributed by atoms with van der Waals surface area (Å²) in [5.74, 6) is 0. The maximum atomic E-state index is 6.11. The van der Waals surface area contributed by atoms with Gasteiger partial charge in [-0.3, -0.25) is 0 Å². The van der Waals surface area contributed by atoms with E-state index in [0.29, 0.717) is 0 Å². The van der Waals surface area contributed by atoms with Crippen molar-refractivity contribution in [1.29, 1.82) is 0 Å².